The molecule has 24 heavy (non-hydrogen) atoms. The van der Waals surface area contributed by atoms with Gasteiger partial charge in [-0.2, -0.15) is 0 Å². The van der Waals surface area contributed by atoms with Gasteiger partial charge in [-0.15, -0.1) is 0 Å². The maximum Gasteiger partial charge on any atom is 0.246 e. The van der Waals surface area contributed by atoms with Crippen molar-refractivity contribution in [1.29, 1.82) is 0 Å². The molecule has 1 unspecified atom stereocenters. The van der Waals surface area contributed by atoms with Crippen LogP contribution in [-0.4, -0.2) is 68.6 Å². The summed E-state index contributed by atoms with van der Waals surface area (Å²) in [6.45, 7) is 5.48. The summed E-state index contributed by atoms with van der Waals surface area (Å²) in [5, 5.41) is 5.49. The molecule has 0 aromatic carbocycles. The number of hydrogen-bond acceptors (Lipinski definition) is 5. The van der Waals surface area contributed by atoms with Crippen molar-refractivity contribution in [3.05, 3.63) is 0 Å². The third kappa shape index (κ3) is 6.09. The lowest BCUT2D eigenvalue weighted by Crippen LogP contribution is -2.55. The van der Waals surface area contributed by atoms with E-state index in [1.54, 1.807) is 4.90 Å². The van der Waals surface area contributed by atoms with Crippen LogP contribution in [0.25, 0.3) is 0 Å². The molecule has 2 atom stereocenters. The number of nitrogens with zero attached hydrogens (tertiary/aromatic N) is 1. The van der Waals surface area contributed by atoms with E-state index in [2.05, 4.69) is 10.6 Å². The Bertz CT molecular complexity index is 442. The number of ether oxygens (including phenoxy) is 1. The van der Waals surface area contributed by atoms with Crippen LogP contribution in [0.5, 0.6) is 0 Å². The second-order valence-corrected chi connectivity index (χ2v) is 6.43. The van der Waals surface area contributed by atoms with Crippen LogP contribution in [0.15, 0.2) is 0 Å². The van der Waals surface area contributed by atoms with Gasteiger partial charge in [-0.25, -0.2) is 0 Å². The topological polar surface area (TPSA) is 114 Å². The first-order chi connectivity index (χ1) is 11.4. The molecule has 0 bridgehead atoms. The van der Waals surface area contributed by atoms with E-state index in [9.17, 15) is 14.4 Å². The largest absolute Gasteiger partial charge is 0.375 e. The average Bonchev–Trinajstić information content (AvgIpc) is 2.57. The molecule has 0 radical (unpaired) electrons. The number of nitrogens with one attached hydrogen (secondary N) is 2. The molecule has 0 aliphatic carbocycles. The summed E-state index contributed by atoms with van der Waals surface area (Å²) in [6.07, 6.45) is 1.52. The highest BCUT2D eigenvalue weighted by Crippen LogP contribution is 2.19. The van der Waals surface area contributed by atoms with E-state index < -0.39 is 6.04 Å². The van der Waals surface area contributed by atoms with Crippen molar-refractivity contribution in [2.75, 3.05) is 39.9 Å². The zero-order chi connectivity index (χ0) is 18.1. The van der Waals surface area contributed by atoms with E-state index in [0.717, 1.165) is 12.8 Å². The Hall–Kier alpha value is -1.67. The first kappa shape index (κ1) is 20.4. The Morgan fingerprint density at radius 3 is 2.62 bits per heavy atom. The molecule has 0 saturated carbocycles. The number of rotatable bonds is 8. The predicted octanol–water partition coefficient (Wildman–Crippen LogP) is -0.913. The number of piperidine rings is 1. The lowest BCUT2D eigenvalue weighted by molar-refractivity contribution is -0.141. The summed E-state index contributed by atoms with van der Waals surface area (Å²) >= 11 is 0. The van der Waals surface area contributed by atoms with Gasteiger partial charge in [0.25, 0.3) is 0 Å². The molecule has 0 spiro atoms. The minimum atomic E-state index is -0.612. The molecule has 1 heterocycles. The maximum absolute atomic E-state index is 12.8. The molecule has 8 heteroatoms. The van der Waals surface area contributed by atoms with Gasteiger partial charge >= 0.3 is 0 Å². The molecule has 1 aliphatic rings. The molecule has 3 amide bonds. The summed E-state index contributed by atoms with van der Waals surface area (Å²) in [5.41, 5.74) is 5.40. The Kier molecular flexibility index (Phi) is 8.70. The smallest absolute Gasteiger partial charge is 0.246 e. The third-order valence-corrected chi connectivity index (χ3v) is 4.07. The van der Waals surface area contributed by atoms with Gasteiger partial charge in [0.05, 0.1) is 5.92 Å². The lowest BCUT2D eigenvalue weighted by Gasteiger charge is -2.35. The zero-order valence-electron chi connectivity index (χ0n) is 14.8. The van der Waals surface area contributed by atoms with Crippen molar-refractivity contribution < 1.29 is 19.1 Å². The second-order valence-electron chi connectivity index (χ2n) is 6.43. The van der Waals surface area contributed by atoms with Crippen molar-refractivity contribution in [3.63, 3.8) is 0 Å². The fraction of sp³-hybridized carbons (Fsp3) is 0.812. The summed E-state index contributed by atoms with van der Waals surface area (Å²) in [4.78, 5) is 38.3. The second kappa shape index (κ2) is 10.2. The molecular weight excluding hydrogens is 312 g/mol. The van der Waals surface area contributed by atoms with Crippen LogP contribution in [-0.2, 0) is 19.1 Å². The standard InChI is InChI=1S/C16H30N4O4/c1-11(2)14(19-13(21)10-24-3)16(23)20-8-4-5-12(9-20)15(22)18-7-6-17/h11-12,14H,4-10,17H2,1-3H3,(H,18,22)(H,19,21)/t12?,14-/m0/s1. The highest BCUT2D eigenvalue weighted by atomic mass is 16.5. The van der Waals surface area contributed by atoms with Crippen LogP contribution in [0.3, 0.4) is 0 Å². The minimum absolute atomic E-state index is 0.0512. The van der Waals surface area contributed by atoms with E-state index >= 15 is 0 Å². The number of likely N-dealkylation sites (tertiary alicyclic amines) is 1. The van der Waals surface area contributed by atoms with Crippen molar-refractivity contribution in [3.8, 4) is 0 Å². The minimum Gasteiger partial charge on any atom is -0.375 e. The van der Waals surface area contributed by atoms with E-state index in [-0.39, 0.29) is 36.2 Å². The molecule has 4 N–H and O–H groups in total. The van der Waals surface area contributed by atoms with Crippen molar-refractivity contribution >= 4 is 17.7 Å². The molecule has 138 valence electrons. The van der Waals surface area contributed by atoms with Crippen LogP contribution in [0.4, 0.5) is 0 Å². The van der Waals surface area contributed by atoms with Gasteiger partial charge in [-0.3, -0.25) is 14.4 Å². The maximum atomic E-state index is 12.8. The van der Waals surface area contributed by atoms with Crippen LogP contribution in [0, 0.1) is 11.8 Å². The summed E-state index contributed by atoms with van der Waals surface area (Å²) in [7, 11) is 1.43. The van der Waals surface area contributed by atoms with Crippen molar-refractivity contribution in [2.24, 2.45) is 17.6 Å². The Morgan fingerprint density at radius 1 is 1.33 bits per heavy atom. The van der Waals surface area contributed by atoms with Gasteiger partial charge in [0.2, 0.25) is 17.7 Å². The molecular formula is C16H30N4O4. The number of amides is 3. The zero-order valence-corrected chi connectivity index (χ0v) is 14.8. The first-order valence-electron chi connectivity index (χ1n) is 8.45. The average molecular weight is 342 g/mol. The number of carbonyl (C=O) groups excluding carboxylic acids is 3. The Morgan fingerprint density at radius 2 is 2.04 bits per heavy atom. The molecule has 1 saturated heterocycles. The Labute approximate surface area is 143 Å². The molecule has 8 nitrogen and oxygen atoms in total. The highest BCUT2D eigenvalue weighted by molar-refractivity contribution is 5.89. The molecule has 1 aliphatic heterocycles. The summed E-state index contributed by atoms with van der Waals surface area (Å²) < 4.78 is 4.80. The van der Waals surface area contributed by atoms with Gasteiger partial charge in [0.15, 0.2) is 0 Å². The fourth-order valence-electron chi connectivity index (χ4n) is 2.79. The first-order valence-corrected chi connectivity index (χ1v) is 8.45. The fourth-order valence-corrected chi connectivity index (χ4v) is 2.79. The SMILES string of the molecule is COCC(=O)N[C@H](C(=O)N1CCCC(C(=O)NCCN)C1)C(C)C. The van der Waals surface area contributed by atoms with E-state index in [0.29, 0.717) is 26.2 Å². The number of hydrogen-bond donors (Lipinski definition) is 3. The van der Waals surface area contributed by atoms with Gasteiger partial charge in [-0.1, -0.05) is 13.8 Å². The molecule has 0 aromatic rings. The normalized spacial score (nSPS) is 19.0. The highest BCUT2D eigenvalue weighted by Gasteiger charge is 2.33. The lowest BCUT2D eigenvalue weighted by atomic mass is 9.95. The van der Waals surface area contributed by atoms with E-state index in [4.69, 9.17) is 10.5 Å². The predicted molar refractivity (Wildman–Crippen MR) is 90.0 cm³/mol. The van der Waals surface area contributed by atoms with E-state index in [1.165, 1.54) is 7.11 Å². The third-order valence-electron chi connectivity index (χ3n) is 4.07. The Balaban J connectivity index is 2.68. The molecule has 1 rings (SSSR count). The quantitative estimate of drug-likeness (QED) is 0.528. The summed E-state index contributed by atoms with van der Waals surface area (Å²) in [5.74, 6) is -0.812. The van der Waals surface area contributed by atoms with Gasteiger partial charge in [0.1, 0.15) is 12.6 Å². The van der Waals surface area contributed by atoms with Crippen molar-refractivity contribution in [1.82, 2.24) is 15.5 Å². The van der Waals surface area contributed by atoms with Crippen LogP contribution >= 0.6 is 0 Å². The van der Waals surface area contributed by atoms with E-state index in [1.807, 2.05) is 13.8 Å². The number of carbonyl (C=O) groups is 3. The van der Waals surface area contributed by atoms with Crippen LogP contribution in [0.2, 0.25) is 0 Å². The molecule has 0 aromatic heterocycles. The van der Waals surface area contributed by atoms with Gasteiger partial charge in [0, 0.05) is 33.3 Å². The van der Waals surface area contributed by atoms with Crippen LogP contribution < -0.4 is 16.4 Å². The monoisotopic (exact) mass is 342 g/mol. The van der Waals surface area contributed by atoms with Gasteiger partial charge in [-0.05, 0) is 18.8 Å². The van der Waals surface area contributed by atoms with Crippen molar-refractivity contribution in [2.45, 2.75) is 32.7 Å². The van der Waals surface area contributed by atoms with Gasteiger partial charge < -0.3 is 26.0 Å². The summed E-state index contributed by atoms with van der Waals surface area (Å²) in [6, 6.07) is -0.612. The number of nitrogens with two attached hydrogens (primary N) is 1. The number of methoxy groups -OCH3 is 1. The van der Waals surface area contributed by atoms with Crippen LogP contribution in [0.1, 0.15) is 26.7 Å². The molecule has 1 fully saturated rings.